The lowest BCUT2D eigenvalue weighted by Gasteiger charge is -1.86. The highest BCUT2D eigenvalue weighted by Gasteiger charge is 2.08. The molecule has 0 aromatic carbocycles. The van der Waals surface area contributed by atoms with E-state index in [4.69, 9.17) is 16.7 Å². The number of carbonyl (C=O) groups is 1. The van der Waals surface area contributed by atoms with Crippen molar-refractivity contribution in [3.8, 4) is 0 Å². The van der Waals surface area contributed by atoms with Crippen LogP contribution in [0.1, 0.15) is 20.1 Å². The van der Waals surface area contributed by atoms with E-state index in [9.17, 15) is 4.79 Å². The first-order chi connectivity index (χ1) is 6.15. The number of aryl methyl sites for hydroxylation is 1. The summed E-state index contributed by atoms with van der Waals surface area (Å²) in [5, 5.41) is 8.71. The van der Waals surface area contributed by atoms with Crippen molar-refractivity contribution in [1.82, 2.24) is 0 Å². The molecule has 0 saturated carbocycles. The molecule has 1 aromatic rings. The predicted molar refractivity (Wildman–Crippen MR) is 55.8 cm³/mol. The van der Waals surface area contributed by atoms with Gasteiger partial charge in [-0.1, -0.05) is 6.08 Å². The zero-order chi connectivity index (χ0) is 9.84. The van der Waals surface area contributed by atoms with Crippen molar-refractivity contribution >= 4 is 35.0 Å². The molecular weight excluding hydrogens is 208 g/mol. The van der Waals surface area contributed by atoms with Gasteiger partial charge in [0.15, 0.2) is 0 Å². The minimum Gasteiger partial charge on any atom is -0.477 e. The number of rotatable bonds is 3. The minimum absolute atomic E-state index is 0.367. The van der Waals surface area contributed by atoms with Gasteiger partial charge >= 0.3 is 5.97 Å². The lowest BCUT2D eigenvalue weighted by Crippen LogP contribution is -1.89. The molecule has 13 heavy (non-hydrogen) atoms. The van der Waals surface area contributed by atoms with E-state index in [1.165, 1.54) is 11.3 Å². The van der Waals surface area contributed by atoms with Gasteiger partial charge in [0.1, 0.15) is 4.88 Å². The van der Waals surface area contributed by atoms with Crippen LogP contribution in [0.25, 0.3) is 6.08 Å². The second kappa shape index (κ2) is 4.44. The quantitative estimate of drug-likeness (QED) is 0.789. The van der Waals surface area contributed by atoms with Crippen LogP contribution in [0, 0.1) is 6.92 Å². The molecule has 1 N–H and O–H groups in total. The van der Waals surface area contributed by atoms with Crippen LogP contribution in [0.15, 0.2) is 12.1 Å². The number of halogens is 1. The average molecular weight is 217 g/mol. The third-order valence-corrected chi connectivity index (χ3v) is 2.89. The van der Waals surface area contributed by atoms with Crippen LogP contribution >= 0.6 is 22.9 Å². The van der Waals surface area contributed by atoms with E-state index in [-0.39, 0.29) is 0 Å². The Labute approximate surface area is 85.5 Å². The van der Waals surface area contributed by atoms with Crippen LogP contribution in [-0.2, 0) is 0 Å². The molecule has 2 nitrogen and oxygen atoms in total. The number of hydrogen-bond donors (Lipinski definition) is 1. The molecule has 0 aliphatic heterocycles. The Balaban J connectivity index is 2.96. The average Bonchev–Trinajstić information content (AvgIpc) is 2.44. The van der Waals surface area contributed by atoms with Crippen LogP contribution in [0.4, 0.5) is 0 Å². The highest BCUT2D eigenvalue weighted by Crippen LogP contribution is 2.23. The monoisotopic (exact) mass is 216 g/mol. The normalized spacial score (nSPS) is 10.9. The van der Waals surface area contributed by atoms with Gasteiger partial charge in [-0.15, -0.1) is 22.9 Å². The van der Waals surface area contributed by atoms with Crippen molar-refractivity contribution in [1.29, 1.82) is 0 Å². The Kier molecular flexibility index (Phi) is 3.51. The van der Waals surface area contributed by atoms with E-state index < -0.39 is 5.97 Å². The summed E-state index contributed by atoms with van der Waals surface area (Å²) >= 11 is 6.74. The summed E-state index contributed by atoms with van der Waals surface area (Å²) < 4.78 is 0. The van der Waals surface area contributed by atoms with Crippen LogP contribution in [0.3, 0.4) is 0 Å². The molecule has 0 unspecified atom stereocenters. The maximum atomic E-state index is 10.6. The second-order valence-electron chi connectivity index (χ2n) is 2.52. The summed E-state index contributed by atoms with van der Waals surface area (Å²) in [6.07, 6.45) is 3.64. The van der Waals surface area contributed by atoms with Crippen molar-refractivity contribution < 1.29 is 9.90 Å². The first kappa shape index (κ1) is 10.3. The van der Waals surface area contributed by atoms with Gasteiger partial charge in [0.25, 0.3) is 0 Å². The maximum Gasteiger partial charge on any atom is 0.345 e. The molecule has 0 bridgehead atoms. The fourth-order valence-corrected chi connectivity index (χ4v) is 1.95. The lowest BCUT2D eigenvalue weighted by molar-refractivity contribution is 0.0702. The van der Waals surface area contributed by atoms with E-state index in [1.807, 2.05) is 13.0 Å². The van der Waals surface area contributed by atoms with Crippen molar-refractivity contribution in [3.63, 3.8) is 0 Å². The highest BCUT2D eigenvalue weighted by molar-refractivity contribution is 7.15. The molecule has 1 heterocycles. The van der Waals surface area contributed by atoms with Gasteiger partial charge in [-0.25, -0.2) is 4.79 Å². The number of alkyl halides is 1. The number of carboxylic acids is 1. The van der Waals surface area contributed by atoms with Crippen LogP contribution in [0.2, 0.25) is 0 Å². The Hall–Kier alpha value is -0.800. The summed E-state index contributed by atoms with van der Waals surface area (Å²) in [5.74, 6) is -0.432. The van der Waals surface area contributed by atoms with Crippen molar-refractivity contribution in [3.05, 3.63) is 27.5 Å². The van der Waals surface area contributed by atoms with Crippen molar-refractivity contribution in [2.45, 2.75) is 6.92 Å². The molecular formula is C9H9ClO2S. The molecule has 0 aliphatic rings. The van der Waals surface area contributed by atoms with Gasteiger partial charge in [-0.05, 0) is 24.6 Å². The fraction of sp³-hybridized carbons (Fsp3) is 0.222. The van der Waals surface area contributed by atoms with Gasteiger partial charge < -0.3 is 5.11 Å². The number of hydrogen-bond acceptors (Lipinski definition) is 2. The molecule has 0 saturated heterocycles. The summed E-state index contributed by atoms with van der Waals surface area (Å²) in [6.45, 7) is 1.89. The molecule has 1 aromatic heterocycles. The number of aromatic carboxylic acids is 1. The maximum absolute atomic E-state index is 10.6. The smallest absolute Gasteiger partial charge is 0.345 e. The first-order valence-electron chi connectivity index (χ1n) is 3.71. The van der Waals surface area contributed by atoms with E-state index >= 15 is 0 Å². The van der Waals surface area contributed by atoms with E-state index in [2.05, 4.69) is 0 Å². The van der Waals surface area contributed by atoms with Crippen LogP contribution < -0.4 is 0 Å². The van der Waals surface area contributed by atoms with Gasteiger partial charge in [0.2, 0.25) is 0 Å². The standard InChI is InChI=1S/C9H9ClO2S/c1-6-5-8(9(11)12)13-7(6)3-2-4-10/h2-3,5H,4H2,1H3,(H,11,12). The molecule has 0 amide bonds. The first-order valence-corrected chi connectivity index (χ1v) is 5.06. The predicted octanol–water partition coefficient (Wildman–Crippen LogP) is 3.01. The van der Waals surface area contributed by atoms with Gasteiger partial charge in [-0.3, -0.25) is 0 Å². The van der Waals surface area contributed by atoms with E-state index in [1.54, 1.807) is 12.1 Å². The Morgan fingerprint density at radius 3 is 2.92 bits per heavy atom. The summed E-state index contributed by atoms with van der Waals surface area (Å²) in [6, 6.07) is 1.67. The van der Waals surface area contributed by atoms with E-state index in [0.29, 0.717) is 10.8 Å². The van der Waals surface area contributed by atoms with Crippen LogP contribution in [-0.4, -0.2) is 17.0 Å². The fourth-order valence-electron chi connectivity index (χ4n) is 0.919. The topological polar surface area (TPSA) is 37.3 Å². The number of carboxylic acid groups (broad SMARTS) is 1. The second-order valence-corrected chi connectivity index (χ2v) is 3.91. The Morgan fingerprint density at radius 2 is 2.46 bits per heavy atom. The molecule has 0 atom stereocenters. The Morgan fingerprint density at radius 1 is 1.77 bits per heavy atom. The van der Waals surface area contributed by atoms with Crippen molar-refractivity contribution in [2.24, 2.45) is 0 Å². The van der Waals surface area contributed by atoms with Crippen molar-refractivity contribution in [2.75, 3.05) is 5.88 Å². The molecule has 70 valence electrons. The van der Waals surface area contributed by atoms with Gasteiger partial charge in [0, 0.05) is 10.8 Å². The zero-order valence-electron chi connectivity index (χ0n) is 7.08. The van der Waals surface area contributed by atoms with Crippen LogP contribution in [0.5, 0.6) is 0 Å². The SMILES string of the molecule is Cc1cc(C(=O)O)sc1C=CCCl. The largest absolute Gasteiger partial charge is 0.477 e. The lowest BCUT2D eigenvalue weighted by atomic mass is 10.2. The zero-order valence-corrected chi connectivity index (χ0v) is 8.65. The minimum atomic E-state index is -0.876. The number of thiophene rings is 1. The van der Waals surface area contributed by atoms with Gasteiger partial charge in [0.05, 0.1) is 0 Å². The molecule has 0 fully saturated rings. The third-order valence-electron chi connectivity index (χ3n) is 1.53. The van der Waals surface area contributed by atoms with E-state index in [0.717, 1.165) is 10.4 Å². The molecule has 0 aliphatic carbocycles. The Bertz CT molecular complexity index is 341. The summed E-state index contributed by atoms with van der Waals surface area (Å²) in [4.78, 5) is 11.9. The highest BCUT2D eigenvalue weighted by atomic mass is 35.5. The number of allylic oxidation sites excluding steroid dienone is 1. The third kappa shape index (κ3) is 2.57. The molecule has 0 radical (unpaired) electrons. The molecule has 0 spiro atoms. The van der Waals surface area contributed by atoms with Gasteiger partial charge in [-0.2, -0.15) is 0 Å². The molecule has 1 rings (SSSR count). The summed E-state index contributed by atoms with van der Waals surface area (Å²) in [5.41, 5.74) is 0.976. The molecule has 4 heteroatoms. The summed E-state index contributed by atoms with van der Waals surface area (Å²) in [7, 11) is 0.